The van der Waals surface area contributed by atoms with Crippen molar-refractivity contribution >= 4 is 10.0 Å². The fourth-order valence-electron chi connectivity index (χ4n) is 1.75. The molecule has 1 aromatic heterocycles. The zero-order chi connectivity index (χ0) is 14.6. The Hall–Kier alpha value is -1.70. The molecule has 1 unspecified atom stereocenters. The van der Waals surface area contributed by atoms with Gasteiger partial charge < -0.3 is 10.1 Å². The summed E-state index contributed by atoms with van der Waals surface area (Å²) in [5, 5.41) is 9.39. The molecule has 0 bridgehead atoms. The molecule has 1 aromatic carbocycles. The monoisotopic (exact) mass is 295 g/mol. The minimum Gasteiger partial charge on any atom is -0.389 e. The lowest BCUT2D eigenvalue weighted by molar-refractivity contribution is 0.199. The summed E-state index contributed by atoms with van der Waals surface area (Å²) in [7, 11) is -3.52. The molecule has 1 atom stereocenters. The third kappa shape index (κ3) is 3.66. The van der Waals surface area contributed by atoms with Gasteiger partial charge in [0, 0.05) is 24.9 Å². The van der Waals surface area contributed by atoms with Crippen LogP contribution in [0.2, 0.25) is 0 Å². The van der Waals surface area contributed by atoms with E-state index in [1.54, 1.807) is 31.6 Å². The van der Waals surface area contributed by atoms with Gasteiger partial charge in [-0.1, -0.05) is 12.1 Å². The Morgan fingerprint density at radius 3 is 2.60 bits per heavy atom. The van der Waals surface area contributed by atoms with E-state index in [4.69, 9.17) is 0 Å². The normalized spacial score (nSPS) is 13.3. The van der Waals surface area contributed by atoms with E-state index in [-0.39, 0.29) is 4.90 Å². The van der Waals surface area contributed by atoms with E-state index in [1.165, 1.54) is 12.1 Å². The minimum atomic E-state index is -3.52. The van der Waals surface area contributed by atoms with Crippen molar-refractivity contribution in [2.75, 3.05) is 6.54 Å². The quantitative estimate of drug-likeness (QED) is 0.740. The van der Waals surface area contributed by atoms with Crippen LogP contribution in [0.5, 0.6) is 0 Å². The fourth-order valence-corrected chi connectivity index (χ4v) is 2.78. The van der Waals surface area contributed by atoms with Crippen LogP contribution >= 0.6 is 0 Å². The lowest BCUT2D eigenvalue weighted by atomic mass is 10.1. The van der Waals surface area contributed by atoms with Crippen molar-refractivity contribution in [2.24, 2.45) is 0 Å². The predicted octanol–water partition coefficient (Wildman–Crippen LogP) is 0.984. The highest BCUT2D eigenvalue weighted by atomic mass is 32.2. The van der Waals surface area contributed by atoms with Gasteiger partial charge in [-0.15, -0.1) is 0 Å². The summed E-state index contributed by atoms with van der Waals surface area (Å²) in [4.78, 5) is 6.96. The molecule has 7 heteroatoms. The predicted molar refractivity (Wildman–Crippen MR) is 74.6 cm³/mol. The number of aromatic nitrogens is 2. The molecule has 20 heavy (non-hydrogen) atoms. The van der Waals surface area contributed by atoms with Crippen LogP contribution in [-0.2, 0) is 16.4 Å². The van der Waals surface area contributed by atoms with E-state index >= 15 is 0 Å². The molecule has 0 fully saturated rings. The summed E-state index contributed by atoms with van der Waals surface area (Å²) in [6.07, 6.45) is 3.15. The van der Waals surface area contributed by atoms with Crippen LogP contribution in [0.15, 0.2) is 41.7 Å². The van der Waals surface area contributed by atoms with Gasteiger partial charge in [0.15, 0.2) is 0 Å². The molecule has 1 heterocycles. The highest BCUT2D eigenvalue weighted by molar-refractivity contribution is 7.89. The highest BCUT2D eigenvalue weighted by Crippen LogP contribution is 2.15. The standard InChI is InChI=1S/C13H17N3O3S/c1-10(17)11-2-4-13(5-3-11)20(18,19)16-7-6-12-8-14-9-15-12/h2-5,8-10,16-17H,6-7H2,1H3,(H,14,15). The largest absolute Gasteiger partial charge is 0.389 e. The number of aliphatic hydroxyl groups is 1. The third-order valence-corrected chi connectivity index (χ3v) is 4.39. The number of benzene rings is 1. The van der Waals surface area contributed by atoms with Gasteiger partial charge in [0.05, 0.1) is 17.3 Å². The van der Waals surface area contributed by atoms with Crippen LogP contribution in [0.4, 0.5) is 0 Å². The van der Waals surface area contributed by atoms with Crippen LogP contribution < -0.4 is 4.72 Å². The summed E-state index contributed by atoms with van der Waals surface area (Å²) < 4.78 is 26.6. The van der Waals surface area contributed by atoms with Gasteiger partial charge in [-0.25, -0.2) is 18.1 Å². The van der Waals surface area contributed by atoms with Crippen LogP contribution in [0.3, 0.4) is 0 Å². The molecule has 3 N–H and O–H groups in total. The zero-order valence-electron chi connectivity index (χ0n) is 11.1. The average molecular weight is 295 g/mol. The number of H-pyrrole nitrogens is 1. The van der Waals surface area contributed by atoms with E-state index in [1.807, 2.05) is 0 Å². The Labute approximate surface area is 117 Å². The Morgan fingerprint density at radius 2 is 2.05 bits per heavy atom. The molecular formula is C13H17N3O3S. The maximum Gasteiger partial charge on any atom is 0.240 e. The molecule has 0 saturated carbocycles. The van der Waals surface area contributed by atoms with Crippen LogP contribution in [0.25, 0.3) is 0 Å². The van der Waals surface area contributed by atoms with Gasteiger partial charge in [0.1, 0.15) is 0 Å². The first-order valence-electron chi connectivity index (χ1n) is 6.24. The molecule has 0 aliphatic heterocycles. The van der Waals surface area contributed by atoms with Crippen LogP contribution in [0, 0.1) is 0 Å². The summed E-state index contributed by atoms with van der Waals surface area (Å²) in [6, 6.07) is 6.18. The van der Waals surface area contributed by atoms with Gasteiger partial charge in [-0.2, -0.15) is 0 Å². The summed E-state index contributed by atoms with van der Waals surface area (Å²) >= 11 is 0. The van der Waals surface area contributed by atoms with Crippen molar-refractivity contribution in [1.82, 2.24) is 14.7 Å². The number of nitrogens with zero attached hydrogens (tertiary/aromatic N) is 1. The maximum absolute atomic E-state index is 12.0. The molecule has 0 amide bonds. The van der Waals surface area contributed by atoms with Crippen molar-refractivity contribution in [3.05, 3.63) is 48.0 Å². The van der Waals surface area contributed by atoms with Crippen molar-refractivity contribution < 1.29 is 13.5 Å². The molecule has 2 rings (SSSR count). The van der Waals surface area contributed by atoms with E-state index in [2.05, 4.69) is 14.7 Å². The molecule has 6 nitrogen and oxygen atoms in total. The number of hydrogen-bond donors (Lipinski definition) is 3. The molecule has 0 aliphatic carbocycles. The number of imidazole rings is 1. The van der Waals surface area contributed by atoms with Crippen molar-refractivity contribution in [2.45, 2.75) is 24.3 Å². The lowest BCUT2D eigenvalue weighted by Crippen LogP contribution is -2.26. The van der Waals surface area contributed by atoms with E-state index in [9.17, 15) is 13.5 Å². The minimum absolute atomic E-state index is 0.187. The maximum atomic E-state index is 12.0. The van der Waals surface area contributed by atoms with Crippen LogP contribution in [0.1, 0.15) is 24.3 Å². The number of aromatic amines is 1. The first kappa shape index (κ1) is 14.7. The van der Waals surface area contributed by atoms with Gasteiger partial charge >= 0.3 is 0 Å². The molecular weight excluding hydrogens is 278 g/mol. The van der Waals surface area contributed by atoms with Crippen molar-refractivity contribution in [3.8, 4) is 0 Å². The number of rotatable bonds is 6. The third-order valence-electron chi connectivity index (χ3n) is 2.91. The molecule has 2 aromatic rings. The van der Waals surface area contributed by atoms with E-state index < -0.39 is 16.1 Å². The van der Waals surface area contributed by atoms with E-state index in [0.717, 1.165) is 5.69 Å². The Morgan fingerprint density at radius 1 is 1.35 bits per heavy atom. The molecule has 0 saturated heterocycles. The summed E-state index contributed by atoms with van der Waals surface area (Å²) in [5.41, 5.74) is 1.55. The zero-order valence-corrected chi connectivity index (χ0v) is 11.9. The second kappa shape index (κ2) is 6.17. The number of hydrogen-bond acceptors (Lipinski definition) is 4. The lowest BCUT2D eigenvalue weighted by Gasteiger charge is -2.08. The summed E-state index contributed by atoms with van der Waals surface area (Å²) in [6.45, 7) is 1.93. The number of aliphatic hydroxyl groups excluding tert-OH is 1. The fraction of sp³-hybridized carbons (Fsp3) is 0.308. The van der Waals surface area contributed by atoms with Crippen molar-refractivity contribution in [3.63, 3.8) is 0 Å². The summed E-state index contributed by atoms with van der Waals surface area (Å²) in [5.74, 6) is 0. The molecule has 108 valence electrons. The second-order valence-corrected chi connectivity index (χ2v) is 6.24. The second-order valence-electron chi connectivity index (χ2n) is 4.47. The van der Waals surface area contributed by atoms with E-state index in [0.29, 0.717) is 18.5 Å². The molecule has 0 spiro atoms. The first-order valence-corrected chi connectivity index (χ1v) is 7.72. The van der Waals surface area contributed by atoms with Gasteiger partial charge in [-0.05, 0) is 24.6 Å². The van der Waals surface area contributed by atoms with Gasteiger partial charge in [0.2, 0.25) is 10.0 Å². The molecule has 0 aliphatic rings. The van der Waals surface area contributed by atoms with Crippen LogP contribution in [-0.4, -0.2) is 30.0 Å². The van der Waals surface area contributed by atoms with Gasteiger partial charge in [-0.3, -0.25) is 0 Å². The Kier molecular flexibility index (Phi) is 4.53. The number of sulfonamides is 1. The van der Waals surface area contributed by atoms with Gasteiger partial charge in [0.25, 0.3) is 0 Å². The number of nitrogens with one attached hydrogen (secondary N) is 2. The molecule has 0 radical (unpaired) electrons. The Balaban J connectivity index is 1.99. The Bertz CT molecular complexity index is 634. The highest BCUT2D eigenvalue weighted by Gasteiger charge is 2.13. The first-order chi connectivity index (χ1) is 9.49. The smallest absolute Gasteiger partial charge is 0.240 e. The van der Waals surface area contributed by atoms with Crippen molar-refractivity contribution in [1.29, 1.82) is 0 Å². The average Bonchev–Trinajstić information content (AvgIpc) is 2.92. The SMILES string of the molecule is CC(O)c1ccc(S(=O)(=O)NCCc2cnc[nH]2)cc1. The topological polar surface area (TPSA) is 95.1 Å².